The Bertz CT molecular complexity index is 362. The number of hydrogen-bond donors (Lipinski definition) is 1. The van der Waals surface area contributed by atoms with Crippen LogP contribution < -0.4 is 5.32 Å². The Kier molecular flexibility index (Phi) is 8.24. The molecule has 0 aromatic heterocycles. The molecule has 0 bridgehead atoms. The lowest BCUT2D eigenvalue weighted by Gasteiger charge is -2.17. The summed E-state index contributed by atoms with van der Waals surface area (Å²) in [5.41, 5.74) is 4.19. The van der Waals surface area contributed by atoms with Gasteiger partial charge in [0.15, 0.2) is 0 Å². The van der Waals surface area contributed by atoms with Gasteiger partial charge in [0.05, 0.1) is 0 Å². The first kappa shape index (κ1) is 16.6. The maximum Gasteiger partial charge on any atom is 0.0294 e. The van der Waals surface area contributed by atoms with Crippen molar-refractivity contribution in [3.05, 3.63) is 34.9 Å². The molecule has 1 rings (SSSR count). The standard InChI is InChI=1S/C17H29NS/c1-14-9-10-15(2)17(13-14)16(3)18-11-7-5-6-8-12-19-4/h9-10,13,16,18H,5-8,11-12H2,1-4H3. The van der Waals surface area contributed by atoms with Crippen LogP contribution in [0.5, 0.6) is 0 Å². The Morgan fingerprint density at radius 1 is 1.11 bits per heavy atom. The number of hydrogen-bond acceptors (Lipinski definition) is 2. The van der Waals surface area contributed by atoms with Gasteiger partial charge in [-0.3, -0.25) is 0 Å². The molecule has 1 unspecified atom stereocenters. The molecule has 0 amide bonds. The lowest BCUT2D eigenvalue weighted by molar-refractivity contribution is 0.535. The Labute approximate surface area is 123 Å². The fourth-order valence-corrected chi connectivity index (χ4v) is 2.87. The topological polar surface area (TPSA) is 12.0 Å². The van der Waals surface area contributed by atoms with Crippen molar-refractivity contribution in [3.63, 3.8) is 0 Å². The molecule has 1 N–H and O–H groups in total. The third-order valence-corrected chi connectivity index (χ3v) is 4.32. The van der Waals surface area contributed by atoms with E-state index in [2.05, 4.69) is 50.5 Å². The lowest BCUT2D eigenvalue weighted by atomic mass is 10.00. The van der Waals surface area contributed by atoms with E-state index in [-0.39, 0.29) is 0 Å². The van der Waals surface area contributed by atoms with Gasteiger partial charge in [-0.1, -0.05) is 36.6 Å². The van der Waals surface area contributed by atoms with Gasteiger partial charge in [0.1, 0.15) is 0 Å². The van der Waals surface area contributed by atoms with Gasteiger partial charge in [0, 0.05) is 6.04 Å². The highest BCUT2D eigenvalue weighted by Crippen LogP contribution is 2.18. The highest BCUT2D eigenvalue weighted by atomic mass is 32.2. The molecule has 0 radical (unpaired) electrons. The van der Waals surface area contributed by atoms with Gasteiger partial charge in [0.2, 0.25) is 0 Å². The summed E-state index contributed by atoms with van der Waals surface area (Å²) in [7, 11) is 0. The third-order valence-electron chi connectivity index (χ3n) is 3.63. The van der Waals surface area contributed by atoms with Gasteiger partial charge in [-0.05, 0) is 63.3 Å². The molecule has 1 aromatic rings. The van der Waals surface area contributed by atoms with Crippen LogP contribution in [0.15, 0.2) is 18.2 Å². The lowest BCUT2D eigenvalue weighted by Crippen LogP contribution is -2.20. The zero-order chi connectivity index (χ0) is 14.1. The average molecular weight is 279 g/mol. The SMILES string of the molecule is CSCCCCCCNC(C)c1cc(C)ccc1C. The molecule has 0 fully saturated rings. The van der Waals surface area contributed by atoms with Crippen LogP contribution in [0.1, 0.15) is 55.3 Å². The fraction of sp³-hybridized carbons (Fsp3) is 0.647. The Balaban J connectivity index is 2.23. The van der Waals surface area contributed by atoms with Crippen LogP contribution in [-0.2, 0) is 0 Å². The summed E-state index contributed by atoms with van der Waals surface area (Å²) in [6.07, 6.45) is 7.58. The highest BCUT2D eigenvalue weighted by Gasteiger charge is 2.07. The largest absolute Gasteiger partial charge is 0.310 e. The second-order valence-electron chi connectivity index (χ2n) is 5.44. The van der Waals surface area contributed by atoms with E-state index in [1.54, 1.807) is 0 Å². The normalized spacial score (nSPS) is 12.6. The first-order valence-corrected chi connectivity index (χ1v) is 8.84. The molecule has 0 saturated heterocycles. The molecule has 0 heterocycles. The predicted octanol–water partition coefficient (Wildman–Crippen LogP) is 4.88. The summed E-state index contributed by atoms with van der Waals surface area (Å²) >= 11 is 1.95. The van der Waals surface area contributed by atoms with Crippen LogP contribution in [0.25, 0.3) is 0 Å². The highest BCUT2D eigenvalue weighted by molar-refractivity contribution is 7.98. The maximum atomic E-state index is 3.65. The second-order valence-corrected chi connectivity index (χ2v) is 6.43. The first-order chi connectivity index (χ1) is 9.15. The number of aryl methyl sites for hydroxylation is 2. The van der Waals surface area contributed by atoms with E-state index < -0.39 is 0 Å². The van der Waals surface area contributed by atoms with Crippen LogP contribution in [0.3, 0.4) is 0 Å². The van der Waals surface area contributed by atoms with Gasteiger partial charge in [0.25, 0.3) is 0 Å². The minimum Gasteiger partial charge on any atom is -0.310 e. The van der Waals surface area contributed by atoms with E-state index in [9.17, 15) is 0 Å². The minimum atomic E-state index is 0.464. The van der Waals surface area contributed by atoms with Gasteiger partial charge >= 0.3 is 0 Å². The summed E-state index contributed by atoms with van der Waals surface area (Å²) in [4.78, 5) is 0. The van der Waals surface area contributed by atoms with Crippen molar-refractivity contribution >= 4 is 11.8 Å². The van der Waals surface area contributed by atoms with E-state index in [1.165, 1.54) is 48.1 Å². The second kappa shape index (κ2) is 9.44. The summed E-state index contributed by atoms with van der Waals surface area (Å²) < 4.78 is 0. The Hall–Kier alpha value is -0.470. The maximum absolute atomic E-state index is 3.65. The molecule has 1 atom stereocenters. The molecule has 108 valence electrons. The Morgan fingerprint density at radius 2 is 1.84 bits per heavy atom. The monoisotopic (exact) mass is 279 g/mol. The van der Waals surface area contributed by atoms with Crippen LogP contribution in [-0.4, -0.2) is 18.6 Å². The van der Waals surface area contributed by atoms with E-state index in [1.807, 2.05) is 11.8 Å². The first-order valence-electron chi connectivity index (χ1n) is 7.44. The van der Waals surface area contributed by atoms with Crippen molar-refractivity contribution in [3.8, 4) is 0 Å². The number of rotatable bonds is 9. The van der Waals surface area contributed by atoms with Crippen molar-refractivity contribution in [2.75, 3.05) is 18.6 Å². The fourth-order valence-electron chi connectivity index (χ4n) is 2.38. The van der Waals surface area contributed by atoms with E-state index >= 15 is 0 Å². The van der Waals surface area contributed by atoms with Crippen molar-refractivity contribution in [2.45, 2.75) is 52.5 Å². The molecule has 1 aromatic carbocycles. The summed E-state index contributed by atoms with van der Waals surface area (Å²) in [5.74, 6) is 1.31. The third kappa shape index (κ3) is 6.49. The van der Waals surface area contributed by atoms with Crippen LogP contribution in [0.2, 0.25) is 0 Å². The Morgan fingerprint density at radius 3 is 2.58 bits per heavy atom. The summed E-state index contributed by atoms with van der Waals surface area (Å²) in [6.45, 7) is 7.78. The van der Waals surface area contributed by atoms with E-state index in [4.69, 9.17) is 0 Å². The molecular formula is C17H29NS. The molecule has 0 aliphatic carbocycles. The molecule has 1 nitrogen and oxygen atoms in total. The predicted molar refractivity (Wildman–Crippen MR) is 89.2 cm³/mol. The molecule has 0 aliphatic rings. The van der Waals surface area contributed by atoms with Gasteiger partial charge in [-0.15, -0.1) is 0 Å². The molecule has 0 saturated carbocycles. The smallest absolute Gasteiger partial charge is 0.0294 e. The summed E-state index contributed by atoms with van der Waals surface area (Å²) in [6, 6.07) is 7.19. The number of thioether (sulfide) groups is 1. The molecule has 2 heteroatoms. The van der Waals surface area contributed by atoms with Gasteiger partial charge in [-0.2, -0.15) is 11.8 Å². The van der Waals surface area contributed by atoms with Gasteiger partial charge < -0.3 is 5.32 Å². The zero-order valence-corrected chi connectivity index (χ0v) is 13.8. The number of benzene rings is 1. The average Bonchev–Trinajstić information content (AvgIpc) is 2.40. The molecule has 0 aliphatic heterocycles. The molecular weight excluding hydrogens is 250 g/mol. The van der Waals surface area contributed by atoms with Gasteiger partial charge in [-0.25, -0.2) is 0 Å². The number of nitrogens with one attached hydrogen (secondary N) is 1. The van der Waals surface area contributed by atoms with Crippen molar-refractivity contribution in [1.29, 1.82) is 0 Å². The van der Waals surface area contributed by atoms with Crippen molar-refractivity contribution in [2.24, 2.45) is 0 Å². The van der Waals surface area contributed by atoms with E-state index in [0.29, 0.717) is 6.04 Å². The zero-order valence-electron chi connectivity index (χ0n) is 13.0. The minimum absolute atomic E-state index is 0.464. The van der Waals surface area contributed by atoms with Crippen molar-refractivity contribution in [1.82, 2.24) is 5.32 Å². The van der Waals surface area contributed by atoms with Crippen molar-refractivity contribution < 1.29 is 0 Å². The van der Waals surface area contributed by atoms with Crippen LogP contribution >= 0.6 is 11.8 Å². The molecule has 0 spiro atoms. The molecule has 19 heavy (non-hydrogen) atoms. The summed E-state index contributed by atoms with van der Waals surface area (Å²) in [5, 5.41) is 3.65. The van der Waals surface area contributed by atoms with Crippen LogP contribution in [0, 0.1) is 13.8 Å². The quantitative estimate of drug-likeness (QED) is 0.647. The number of unbranched alkanes of at least 4 members (excludes halogenated alkanes) is 3. The van der Waals surface area contributed by atoms with E-state index in [0.717, 1.165) is 6.54 Å². The van der Waals surface area contributed by atoms with Crippen LogP contribution in [0.4, 0.5) is 0 Å².